The van der Waals surface area contributed by atoms with Crippen molar-refractivity contribution < 1.29 is 9.47 Å². The van der Waals surface area contributed by atoms with E-state index in [1.165, 1.54) is 5.56 Å². The molecule has 3 unspecified atom stereocenters. The third-order valence-electron chi connectivity index (χ3n) is 3.77. The fourth-order valence-electron chi connectivity index (χ4n) is 2.78. The van der Waals surface area contributed by atoms with Crippen molar-refractivity contribution in [2.45, 2.75) is 23.6 Å². The van der Waals surface area contributed by atoms with Crippen molar-refractivity contribution in [1.29, 1.82) is 0 Å². The first-order valence-electron chi connectivity index (χ1n) is 6.28. The summed E-state index contributed by atoms with van der Waals surface area (Å²) in [5, 5.41) is 0. The lowest BCUT2D eigenvalue weighted by atomic mass is 9.87. The van der Waals surface area contributed by atoms with Crippen molar-refractivity contribution in [3.05, 3.63) is 29.8 Å². The molecule has 3 heteroatoms. The average molecular weight is 297 g/mol. The van der Waals surface area contributed by atoms with Crippen LogP contribution in [0.25, 0.3) is 0 Å². The summed E-state index contributed by atoms with van der Waals surface area (Å²) in [4.78, 5) is 0.601. The first kappa shape index (κ1) is 11.5. The summed E-state index contributed by atoms with van der Waals surface area (Å²) >= 11 is 3.78. The van der Waals surface area contributed by atoms with Gasteiger partial charge in [-0.05, 0) is 24.8 Å². The maximum absolute atomic E-state index is 5.73. The van der Waals surface area contributed by atoms with E-state index in [4.69, 9.17) is 9.47 Å². The van der Waals surface area contributed by atoms with Crippen LogP contribution in [0.2, 0.25) is 0 Å². The highest BCUT2D eigenvalue weighted by Gasteiger charge is 2.31. The SMILES string of the molecule is BrC1CCOCC1CC1COc2ccccc21. The minimum Gasteiger partial charge on any atom is -0.493 e. The van der Waals surface area contributed by atoms with Gasteiger partial charge in [-0.2, -0.15) is 0 Å². The van der Waals surface area contributed by atoms with Crippen molar-refractivity contribution in [1.82, 2.24) is 0 Å². The molecule has 3 atom stereocenters. The quantitative estimate of drug-likeness (QED) is 0.779. The van der Waals surface area contributed by atoms with E-state index >= 15 is 0 Å². The Bertz CT molecular complexity index is 394. The number of alkyl halides is 1. The van der Waals surface area contributed by atoms with Crippen molar-refractivity contribution >= 4 is 15.9 Å². The summed E-state index contributed by atoms with van der Waals surface area (Å²) in [6, 6.07) is 8.40. The van der Waals surface area contributed by atoms with Crippen LogP contribution in [-0.4, -0.2) is 24.6 Å². The van der Waals surface area contributed by atoms with E-state index < -0.39 is 0 Å². The number of para-hydroxylation sites is 1. The summed E-state index contributed by atoms with van der Waals surface area (Å²) in [7, 11) is 0. The van der Waals surface area contributed by atoms with Gasteiger partial charge < -0.3 is 9.47 Å². The van der Waals surface area contributed by atoms with Gasteiger partial charge >= 0.3 is 0 Å². The Balaban J connectivity index is 1.70. The molecule has 2 aliphatic rings. The van der Waals surface area contributed by atoms with Crippen molar-refractivity contribution in [3.8, 4) is 5.75 Å². The predicted molar refractivity (Wildman–Crippen MR) is 70.9 cm³/mol. The zero-order chi connectivity index (χ0) is 11.7. The van der Waals surface area contributed by atoms with Gasteiger partial charge in [-0.1, -0.05) is 34.1 Å². The zero-order valence-corrected chi connectivity index (χ0v) is 11.4. The van der Waals surface area contributed by atoms with E-state index in [1.54, 1.807) is 0 Å². The Morgan fingerprint density at radius 1 is 1.24 bits per heavy atom. The summed E-state index contributed by atoms with van der Waals surface area (Å²) in [6.45, 7) is 2.61. The lowest BCUT2D eigenvalue weighted by Crippen LogP contribution is -2.29. The molecule has 2 aliphatic heterocycles. The van der Waals surface area contributed by atoms with E-state index in [-0.39, 0.29) is 0 Å². The zero-order valence-electron chi connectivity index (χ0n) is 9.77. The molecule has 2 nitrogen and oxygen atoms in total. The van der Waals surface area contributed by atoms with Gasteiger partial charge in [-0.15, -0.1) is 0 Å². The smallest absolute Gasteiger partial charge is 0.122 e. The highest BCUT2D eigenvalue weighted by atomic mass is 79.9. The Morgan fingerprint density at radius 2 is 2.12 bits per heavy atom. The Kier molecular flexibility index (Phi) is 3.39. The molecule has 92 valence electrons. The minimum atomic E-state index is 0.540. The fourth-order valence-corrected chi connectivity index (χ4v) is 3.33. The maximum atomic E-state index is 5.73. The number of benzene rings is 1. The highest BCUT2D eigenvalue weighted by molar-refractivity contribution is 9.09. The molecule has 0 radical (unpaired) electrons. The third-order valence-corrected chi connectivity index (χ3v) is 4.97. The third kappa shape index (κ3) is 2.36. The maximum Gasteiger partial charge on any atom is 0.122 e. The standard InChI is InChI=1S/C14H17BrO2/c15-13-5-6-16-8-11(13)7-10-9-17-14-4-2-1-3-12(10)14/h1-4,10-11,13H,5-9H2. The van der Waals surface area contributed by atoms with Crippen LogP contribution in [0.4, 0.5) is 0 Å². The Morgan fingerprint density at radius 3 is 3.00 bits per heavy atom. The predicted octanol–water partition coefficient (Wildman–Crippen LogP) is 3.35. The molecule has 0 aliphatic carbocycles. The second-order valence-corrected chi connectivity index (χ2v) is 6.10. The molecular formula is C14H17BrO2. The molecule has 1 saturated heterocycles. The van der Waals surface area contributed by atoms with Crippen LogP contribution in [0.1, 0.15) is 24.3 Å². The van der Waals surface area contributed by atoms with Crippen LogP contribution in [0.5, 0.6) is 5.75 Å². The summed E-state index contributed by atoms with van der Waals surface area (Å²) < 4.78 is 11.3. The van der Waals surface area contributed by atoms with Crippen LogP contribution < -0.4 is 4.74 Å². The molecular weight excluding hydrogens is 280 g/mol. The average Bonchev–Trinajstić information content (AvgIpc) is 2.76. The molecule has 1 aromatic carbocycles. The first-order chi connectivity index (χ1) is 8.34. The van der Waals surface area contributed by atoms with Gasteiger partial charge in [0.05, 0.1) is 13.2 Å². The lowest BCUT2D eigenvalue weighted by Gasteiger charge is -2.29. The summed E-state index contributed by atoms with van der Waals surface area (Å²) in [5.41, 5.74) is 1.37. The molecule has 2 heterocycles. The number of rotatable bonds is 2. The van der Waals surface area contributed by atoms with E-state index in [0.29, 0.717) is 16.7 Å². The van der Waals surface area contributed by atoms with Crippen molar-refractivity contribution in [3.63, 3.8) is 0 Å². The number of fused-ring (bicyclic) bond motifs is 1. The van der Waals surface area contributed by atoms with Crippen LogP contribution in [0, 0.1) is 5.92 Å². The number of hydrogen-bond donors (Lipinski definition) is 0. The number of ether oxygens (including phenoxy) is 2. The van der Waals surface area contributed by atoms with Crippen LogP contribution in [0.3, 0.4) is 0 Å². The van der Waals surface area contributed by atoms with Crippen LogP contribution >= 0.6 is 15.9 Å². The molecule has 0 bridgehead atoms. The molecule has 1 aromatic rings. The lowest BCUT2D eigenvalue weighted by molar-refractivity contribution is 0.0537. The summed E-state index contributed by atoms with van der Waals surface area (Å²) in [5.74, 6) is 2.22. The van der Waals surface area contributed by atoms with E-state index in [9.17, 15) is 0 Å². The fraction of sp³-hybridized carbons (Fsp3) is 0.571. The van der Waals surface area contributed by atoms with E-state index in [2.05, 4.69) is 34.1 Å². The normalized spacial score (nSPS) is 31.9. The van der Waals surface area contributed by atoms with Crippen LogP contribution in [-0.2, 0) is 4.74 Å². The van der Waals surface area contributed by atoms with Gasteiger partial charge in [0.1, 0.15) is 5.75 Å². The first-order valence-corrected chi connectivity index (χ1v) is 7.19. The molecule has 3 rings (SSSR count). The van der Waals surface area contributed by atoms with Gasteiger partial charge in [-0.3, -0.25) is 0 Å². The molecule has 0 amide bonds. The Labute approximate surface area is 110 Å². The molecule has 17 heavy (non-hydrogen) atoms. The number of hydrogen-bond acceptors (Lipinski definition) is 2. The highest BCUT2D eigenvalue weighted by Crippen LogP contribution is 2.39. The van der Waals surface area contributed by atoms with Crippen molar-refractivity contribution in [2.75, 3.05) is 19.8 Å². The topological polar surface area (TPSA) is 18.5 Å². The van der Waals surface area contributed by atoms with Gasteiger partial charge in [0.15, 0.2) is 0 Å². The van der Waals surface area contributed by atoms with Crippen LogP contribution in [0.15, 0.2) is 24.3 Å². The molecule has 0 saturated carbocycles. The van der Waals surface area contributed by atoms with Gasteiger partial charge in [0, 0.05) is 22.9 Å². The monoisotopic (exact) mass is 296 g/mol. The largest absolute Gasteiger partial charge is 0.493 e. The molecule has 0 spiro atoms. The minimum absolute atomic E-state index is 0.540. The Hall–Kier alpha value is -0.540. The van der Waals surface area contributed by atoms with Gasteiger partial charge in [0.2, 0.25) is 0 Å². The second kappa shape index (κ2) is 4.99. The van der Waals surface area contributed by atoms with E-state index in [1.807, 2.05) is 6.07 Å². The number of halogens is 1. The molecule has 1 fully saturated rings. The second-order valence-electron chi connectivity index (χ2n) is 4.92. The van der Waals surface area contributed by atoms with Gasteiger partial charge in [0.25, 0.3) is 0 Å². The summed E-state index contributed by atoms with van der Waals surface area (Å²) in [6.07, 6.45) is 2.28. The van der Waals surface area contributed by atoms with Crippen molar-refractivity contribution in [2.24, 2.45) is 5.92 Å². The van der Waals surface area contributed by atoms with Gasteiger partial charge in [-0.25, -0.2) is 0 Å². The van der Waals surface area contributed by atoms with E-state index in [0.717, 1.165) is 38.4 Å². The molecule has 0 aromatic heterocycles. The molecule has 0 N–H and O–H groups in total.